The number of benzene rings is 2. The molecular weight excluding hydrogens is 360 g/mol. The third-order valence-corrected chi connectivity index (χ3v) is 6.44. The van der Waals surface area contributed by atoms with Gasteiger partial charge in [-0.3, -0.25) is 4.90 Å². The monoisotopic (exact) mass is 380 g/mol. The second kappa shape index (κ2) is 8.19. The van der Waals surface area contributed by atoms with Gasteiger partial charge in [0.15, 0.2) is 0 Å². The first-order chi connectivity index (χ1) is 12.1. The molecule has 0 aromatic heterocycles. The van der Waals surface area contributed by atoms with E-state index >= 15 is 0 Å². The summed E-state index contributed by atoms with van der Waals surface area (Å²) in [7, 11) is -3.40. The van der Waals surface area contributed by atoms with Crippen LogP contribution in [0.15, 0.2) is 59.5 Å². The van der Waals surface area contributed by atoms with Gasteiger partial charge in [-0.05, 0) is 24.3 Å². The molecule has 0 atom stereocenters. The summed E-state index contributed by atoms with van der Waals surface area (Å²) in [5.74, 6) is 0.675. The number of nitrogens with zero attached hydrogens (tertiary/aromatic N) is 2. The molecule has 0 unspecified atom stereocenters. The van der Waals surface area contributed by atoms with E-state index in [1.54, 1.807) is 34.6 Å². The lowest BCUT2D eigenvalue weighted by molar-refractivity contribution is 0.159. The highest BCUT2D eigenvalue weighted by Crippen LogP contribution is 2.23. The zero-order chi connectivity index (χ0) is 17.7. The van der Waals surface area contributed by atoms with Gasteiger partial charge in [-0.1, -0.05) is 41.9 Å². The number of piperazine rings is 1. The lowest BCUT2D eigenvalue weighted by atomic mass is 10.3. The largest absolute Gasteiger partial charge is 0.491 e. The third-order valence-electron chi connectivity index (χ3n) is 4.21. The maximum absolute atomic E-state index is 12.6. The van der Waals surface area contributed by atoms with Crippen molar-refractivity contribution in [3.05, 3.63) is 59.6 Å². The quantitative estimate of drug-likeness (QED) is 0.773. The summed E-state index contributed by atoms with van der Waals surface area (Å²) in [5, 5.41) is 0.598. The highest BCUT2D eigenvalue weighted by atomic mass is 35.5. The molecule has 0 N–H and O–H groups in total. The van der Waals surface area contributed by atoms with E-state index in [2.05, 4.69) is 4.90 Å². The van der Waals surface area contributed by atoms with Crippen molar-refractivity contribution >= 4 is 21.6 Å². The Morgan fingerprint density at radius 2 is 1.56 bits per heavy atom. The van der Waals surface area contributed by atoms with E-state index < -0.39 is 10.0 Å². The molecule has 25 heavy (non-hydrogen) atoms. The molecule has 0 radical (unpaired) electrons. The molecule has 3 rings (SSSR count). The molecule has 7 heteroatoms. The summed E-state index contributed by atoms with van der Waals surface area (Å²) >= 11 is 6.06. The second-order valence-electron chi connectivity index (χ2n) is 5.84. The van der Waals surface area contributed by atoms with E-state index in [1.165, 1.54) is 0 Å². The van der Waals surface area contributed by atoms with Crippen molar-refractivity contribution in [2.45, 2.75) is 4.90 Å². The smallest absolute Gasteiger partial charge is 0.243 e. The minimum Gasteiger partial charge on any atom is -0.491 e. The number of sulfonamides is 1. The van der Waals surface area contributed by atoms with Crippen molar-refractivity contribution in [1.82, 2.24) is 9.21 Å². The highest BCUT2D eigenvalue weighted by Gasteiger charge is 2.28. The summed E-state index contributed by atoms with van der Waals surface area (Å²) < 4.78 is 32.4. The molecular formula is C18H21ClN2O3S. The minimum absolute atomic E-state index is 0.352. The van der Waals surface area contributed by atoms with Gasteiger partial charge in [0.25, 0.3) is 0 Å². The SMILES string of the molecule is O=S(=O)(c1ccccc1)N1CCN(CCOc2ccccc2Cl)CC1. The van der Waals surface area contributed by atoms with Crippen molar-refractivity contribution in [3.8, 4) is 5.75 Å². The molecule has 1 aliphatic rings. The molecule has 0 amide bonds. The maximum atomic E-state index is 12.6. The highest BCUT2D eigenvalue weighted by molar-refractivity contribution is 7.89. The predicted molar refractivity (Wildman–Crippen MR) is 98.6 cm³/mol. The van der Waals surface area contributed by atoms with E-state index in [9.17, 15) is 8.42 Å². The molecule has 0 bridgehead atoms. The number of hydrogen-bond acceptors (Lipinski definition) is 4. The Morgan fingerprint density at radius 3 is 2.24 bits per heavy atom. The molecule has 1 heterocycles. The van der Waals surface area contributed by atoms with Crippen LogP contribution in [0.5, 0.6) is 5.75 Å². The topological polar surface area (TPSA) is 49.9 Å². The number of halogens is 1. The van der Waals surface area contributed by atoms with Gasteiger partial charge in [0.2, 0.25) is 10.0 Å². The number of rotatable bonds is 6. The summed E-state index contributed by atoms with van der Waals surface area (Å²) in [6, 6.07) is 16.0. The number of hydrogen-bond donors (Lipinski definition) is 0. The molecule has 1 saturated heterocycles. The molecule has 2 aromatic rings. The van der Waals surface area contributed by atoms with Crippen molar-refractivity contribution < 1.29 is 13.2 Å². The molecule has 134 valence electrons. The van der Waals surface area contributed by atoms with Gasteiger partial charge < -0.3 is 4.74 Å². The first-order valence-corrected chi connectivity index (χ1v) is 10.0. The fraction of sp³-hybridized carbons (Fsp3) is 0.333. The van der Waals surface area contributed by atoms with Crippen molar-refractivity contribution in [3.63, 3.8) is 0 Å². The average molecular weight is 381 g/mol. The summed E-state index contributed by atoms with van der Waals surface area (Å²) in [6.07, 6.45) is 0. The van der Waals surface area contributed by atoms with Gasteiger partial charge in [0.1, 0.15) is 12.4 Å². The fourth-order valence-electron chi connectivity index (χ4n) is 2.78. The Kier molecular flexibility index (Phi) is 5.96. The van der Waals surface area contributed by atoms with Crippen LogP contribution in [0.25, 0.3) is 0 Å². The van der Waals surface area contributed by atoms with Gasteiger partial charge in [0, 0.05) is 32.7 Å². The average Bonchev–Trinajstić information content (AvgIpc) is 2.64. The lowest BCUT2D eigenvalue weighted by Gasteiger charge is -2.33. The van der Waals surface area contributed by atoms with Crippen LogP contribution in [0.3, 0.4) is 0 Å². The van der Waals surface area contributed by atoms with Crippen LogP contribution < -0.4 is 4.74 Å². The van der Waals surface area contributed by atoms with Gasteiger partial charge in [0.05, 0.1) is 9.92 Å². The molecule has 1 aliphatic heterocycles. The Morgan fingerprint density at radius 1 is 0.920 bits per heavy atom. The van der Waals surface area contributed by atoms with E-state index in [0.717, 1.165) is 6.54 Å². The minimum atomic E-state index is -3.40. The van der Waals surface area contributed by atoms with Gasteiger partial charge in [-0.25, -0.2) is 8.42 Å². The molecule has 1 fully saturated rings. The molecule has 5 nitrogen and oxygen atoms in total. The Labute approximate surface area is 153 Å². The lowest BCUT2D eigenvalue weighted by Crippen LogP contribution is -2.49. The van der Waals surface area contributed by atoms with Crippen LogP contribution in [0, 0.1) is 0 Å². The summed E-state index contributed by atoms with van der Waals surface area (Å²) in [6.45, 7) is 3.63. The predicted octanol–water partition coefficient (Wildman–Crippen LogP) is 2.73. The molecule has 2 aromatic carbocycles. The van der Waals surface area contributed by atoms with Crippen LogP contribution in [-0.2, 0) is 10.0 Å². The van der Waals surface area contributed by atoms with Crippen LogP contribution in [0.4, 0.5) is 0 Å². The third kappa shape index (κ3) is 4.52. The van der Waals surface area contributed by atoms with E-state index in [1.807, 2.05) is 24.3 Å². The van der Waals surface area contributed by atoms with Crippen LogP contribution in [0.2, 0.25) is 5.02 Å². The van der Waals surface area contributed by atoms with E-state index in [-0.39, 0.29) is 0 Å². The van der Waals surface area contributed by atoms with Crippen LogP contribution >= 0.6 is 11.6 Å². The maximum Gasteiger partial charge on any atom is 0.243 e. The Balaban J connectivity index is 1.48. The standard InChI is InChI=1S/C18H21ClN2O3S/c19-17-8-4-5-9-18(17)24-15-14-20-10-12-21(13-11-20)25(22,23)16-6-2-1-3-7-16/h1-9H,10-15H2. The Hall–Kier alpha value is -1.60. The van der Waals surface area contributed by atoms with Gasteiger partial charge >= 0.3 is 0 Å². The first-order valence-electron chi connectivity index (χ1n) is 8.22. The fourth-order valence-corrected chi connectivity index (χ4v) is 4.42. The van der Waals surface area contributed by atoms with Gasteiger partial charge in [-0.2, -0.15) is 4.31 Å². The number of ether oxygens (including phenoxy) is 1. The number of para-hydroxylation sites is 1. The normalized spacial score (nSPS) is 16.7. The Bertz CT molecular complexity index is 791. The molecule has 0 aliphatic carbocycles. The molecule has 0 spiro atoms. The molecule has 0 saturated carbocycles. The van der Waals surface area contributed by atoms with Crippen molar-refractivity contribution in [2.75, 3.05) is 39.3 Å². The van der Waals surface area contributed by atoms with Crippen LogP contribution in [-0.4, -0.2) is 57.0 Å². The first kappa shape index (κ1) is 18.2. The zero-order valence-corrected chi connectivity index (χ0v) is 15.4. The second-order valence-corrected chi connectivity index (χ2v) is 8.18. The van der Waals surface area contributed by atoms with E-state index in [0.29, 0.717) is 48.5 Å². The zero-order valence-electron chi connectivity index (χ0n) is 13.8. The van der Waals surface area contributed by atoms with Crippen LogP contribution in [0.1, 0.15) is 0 Å². The van der Waals surface area contributed by atoms with Crippen molar-refractivity contribution in [2.24, 2.45) is 0 Å². The summed E-state index contributed by atoms with van der Waals surface area (Å²) in [5.41, 5.74) is 0. The van der Waals surface area contributed by atoms with E-state index in [4.69, 9.17) is 16.3 Å². The van der Waals surface area contributed by atoms with Crippen molar-refractivity contribution in [1.29, 1.82) is 0 Å². The van der Waals surface area contributed by atoms with Gasteiger partial charge in [-0.15, -0.1) is 0 Å². The summed E-state index contributed by atoms with van der Waals surface area (Å²) in [4.78, 5) is 2.55.